The van der Waals surface area contributed by atoms with E-state index >= 15 is 0 Å². The number of thioether (sulfide) groups is 1. The zero-order valence-electron chi connectivity index (χ0n) is 12.3. The first kappa shape index (κ1) is 15.6. The van der Waals surface area contributed by atoms with E-state index in [1.54, 1.807) is 18.0 Å². The zero-order valence-corrected chi connectivity index (χ0v) is 13.9. The zero-order chi connectivity index (χ0) is 15.5. The van der Waals surface area contributed by atoms with Gasteiger partial charge in [-0.1, -0.05) is 17.7 Å². The molecule has 1 saturated heterocycles. The Labute approximate surface area is 138 Å². The number of aromatic nitrogens is 1. The number of hydrogen-bond donors (Lipinski definition) is 0. The van der Waals surface area contributed by atoms with Crippen LogP contribution in [0.25, 0.3) is 10.9 Å². The van der Waals surface area contributed by atoms with Crippen molar-refractivity contribution in [3.8, 4) is 0 Å². The van der Waals surface area contributed by atoms with Gasteiger partial charge in [0, 0.05) is 34.6 Å². The van der Waals surface area contributed by atoms with Crippen LogP contribution in [0.1, 0.15) is 6.92 Å². The Morgan fingerprint density at radius 3 is 2.91 bits per heavy atom. The molecule has 0 unspecified atom stereocenters. The molecule has 1 aliphatic heterocycles. The Morgan fingerprint density at radius 2 is 2.14 bits per heavy atom. The molecule has 0 saturated carbocycles. The van der Waals surface area contributed by atoms with E-state index < -0.39 is 0 Å². The second-order valence-corrected chi connectivity index (χ2v) is 6.99. The molecule has 0 aliphatic carbocycles. The highest BCUT2D eigenvalue weighted by atomic mass is 35.5. The number of fused-ring (bicyclic) bond motifs is 1. The normalized spacial score (nSPS) is 16.7. The molecule has 3 rings (SSSR count). The summed E-state index contributed by atoms with van der Waals surface area (Å²) in [6, 6.07) is 7.60. The van der Waals surface area contributed by atoms with Crippen molar-refractivity contribution in [2.24, 2.45) is 0 Å². The molecule has 0 radical (unpaired) electrons. The van der Waals surface area contributed by atoms with Crippen LogP contribution in [-0.2, 0) is 9.53 Å². The van der Waals surface area contributed by atoms with Gasteiger partial charge in [-0.15, -0.1) is 11.8 Å². The van der Waals surface area contributed by atoms with Gasteiger partial charge < -0.3 is 9.64 Å². The van der Waals surface area contributed by atoms with Crippen molar-refractivity contribution in [3.63, 3.8) is 0 Å². The van der Waals surface area contributed by atoms with E-state index in [0.29, 0.717) is 31.3 Å². The van der Waals surface area contributed by atoms with Gasteiger partial charge in [-0.05, 0) is 25.1 Å². The van der Waals surface area contributed by atoms with Crippen molar-refractivity contribution in [2.45, 2.75) is 17.1 Å². The van der Waals surface area contributed by atoms with Crippen LogP contribution >= 0.6 is 23.4 Å². The molecule has 0 spiro atoms. The van der Waals surface area contributed by atoms with E-state index in [1.165, 1.54) is 0 Å². The first-order valence-electron chi connectivity index (χ1n) is 7.22. The predicted octanol–water partition coefficient (Wildman–Crippen LogP) is 3.23. The molecule has 0 N–H and O–H groups in total. The number of amides is 1. The highest BCUT2D eigenvalue weighted by molar-refractivity contribution is 8.00. The fraction of sp³-hybridized carbons (Fsp3) is 0.375. The van der Waals surface area contributed by atoms with Gasteiger partial charge in [0.25, 0.3) is 0 Å². The van der Waals surface area contributed by atoms with Crippen LogP contribution in [0.15, 0.2) is 35.4 Å². The molecule has 0 bridgehead atoms. The largest absolute Gasteiger partial charge is 0.378 e. The fourth-order valence-corrected chi connectivity index (χ4v) is 3.72. The van der Waals surface area contributed by atoms with Gasteiger partial charge >= 0.3 is 0 Å². The number of morpholine rings is 1. The number of hydrogen-bond acceptors (Lipinski definition) is 4. The SMILES string of the molecule is C[C@H](Sc1ccnc2cc(Cl)ccc12)C(=O)N1CCOCC1. The van der Waals surface area contributed by atoms with Crippen molar-refractivity contribution < 1.29 is 9.53 Å². The number of pyridine rings is 1. The van der Waals surface area contributed by atoms with Crippen molar-refractivity contribution in [3.05, 3.63) is 35.5 Å². The summed E-state index contributed by atoms with van der Waals surface area (Å²) in [5.41, 5.74) is 0.850. The van der Waals surface area contributed by atoms with Crippen molar-refractivity contribution in [2.75, 3.05) is 26.3 Å². The minimum atomic E-state index is -0.139. The van der Waals surface area contributed by atoms with Gasteiger partial charge in [0.2, 0.25) is 5.91 Å². The molecule has 1 aromatic carbocycles. The molecular weight excluding hydrogens is 320 g/mol. The van der Waals surface area contributed by atoms with E-state index in [-0.39, 0.29) is 11.2 Å². The number of ether oxygens (including phenoxy) is 1. The maximum Gasteiger partial charge on any atom is 0.235 e. The lowest BCUT2D eigenvalue weighted by molar-refractivity contribution is -0.134. The first-order valence-corrected chi connectivity index (χ1v) is 8.48. The quantitative estimate of drug-likeness (QED) is 0.807. The molecular formula is C16H17ClN2O2S. The number of carbonyl (C=O) groups is 1. The Balaban J connectivity index is 1.78. The van der Waals surface area contributed by atoms with Crippen LogP contribution < -0.4 is 0 Å². The molecule has 1 atom stereocenters. The topological polar surface area (TPSA) is 42.4 Å². The number of rotatable bonds is 3. The minimum absolute atomic E-state index is 0.139. The molecule has 1 amide bonds. The van der Waals surface area contributed by atoms with Gasteiger partial charge in [0.05, 0.1) is 24.0 Å². The summed E-state index contributed by atoms with van der Waals surface area (Å²) < 4.78 is 5.30. The summed E-state index contributed by atoms with van der Waals surface area (Å²) in [4.78, 5) is 19.8. The molecule has 2 aromatic rings. The average Bonchev–Trinajstić information content (AvgIpc) is 2.55. The van der Waals surface area contributed by atoms with Crippen molar-refractivity contribution in [1.29, 1.82) is 0 Å². The minimum Gasteiger partial charge on any atom is -0.378 e. The van der Waals surface area contributed by atoms with Gasteiger partial charge in [-0.25, -0.2) is 0 Å². The number of nitrogens with zero attached hydrogens (tertiary/aromatic N) is 2. The predicted molar refractivity (Wildman–Crippen MR) is 89.5 cm³/mol. The second-order valence-electron chi connectivity index (χ2n) is 5.17. The first-order chi connectivity index (χ1) is 10.6. The summed E-state index contributed by atoms with van der Waals surface area (Å²) in [5.74, 6) is 0.159. The van der Waals surface area contributed by atoms with Crippen LogP contribution in [0.2, 0.25) is 5.02 Å². The van der Waals surface area contributed by atoms with Gasteiger partial charge in [-0.3, -0.25) is 9.78 Å². The van der Waals surface area contributed by atoms with E-state index in [2.05, 4.69) is 4.98 Å². The molecule has 6 heteroatoms. The Hall–Kier alpha value is -1.30. The standard InChI is InChI=1S/C16H17ClN2O2S/c1-11(16(20)19-6-8-21-9-7-19)22-15-4-5-18-14-10-12(17)2-3-13(14)15/h2-5,10-11H,6-9H2,1H3/t11-/m0/s1. The molecule has 4 nitrogen and oxygen atoms in total. The number of halogens is 1. The van der Waals surface area contributed by atoms with E-state index in [9.17, 15) is 4.79 Å². The Morgan fingerprint density at radius 1 is 1.36 bits per heavy atom. The summed E-state index contributed by atoms with van der Waals surface area (Å²) in [6.07, 6.45) is 1.76. The lowest BCUT2D eigenvalue weighted by Crippen LogP contribution is -2.44. The number of carbonyl (C=O) groups excluding carboxylic acids is 1. The van der Waals surface area contributed by atoms with Crippen molar-refractivity contribution >= 4 is 40.2 Å². The molecule has 1 aromatic heterocycles. The lowest BCUT2D eigenvalue weighted by atomic mass is 10.2. The van der Waals surface area contributed by atoms with Crippen LogP contribution in [0, 0.1) is 0 Å². The molecule has 1 aliphatic rings. The highest BCUT2D eigenvalue weighted by Crippen LogP contribution is 2.31. The molecule has 2 heterocycles. The van der Waals surface area contributed by atoms with Gasteiger partial charge in [0.1, 0.15) is 0 Å². The van der Waals surface area contributed by atoms with Gasteiger partial charge in [-0.2, -0.15) is 0 Å². The maximum absolute atomic E-state index is 12.5. The fourth-order valence-electron chi connectivity index (χ4n) is 2.48. The van der Waals surface area contributed by atoms with Crippen molar-refractivity contribution in [1.82, 2.24) is 9.88 Å². The maximum atomic E-state index is 12.5. The van der Waals surface area contributed by atoms with Crippen LogP contribution in [0.3, 0.4) is 0 Å². The summed E-state index contributed by atoms with van der Waals surface area (Å²) in [5, 5.41) is 1.55. The van der Waals surface area contributed by atoms with Gasteiger partial charge in [0.15, 0.2) is 0 Å². The lowest BCUT2D eigenvalue weighted by Gasteiger charge is -2.29. The Bertz CT molecular complexity index is 689. The molecule has 1 fully saturated rings. The van der Waals surface area contributed by atoms with E-state index in [0.717, 1.165) is 15.8 Å². The number of benzene rings is 1. The highest BCUT2D eigenvalue weighted by Gasteiger charge is 2.23. The molecule has 22 heavy (non-hydrogen) atoms. The van der Waals surface area contributed by atoms with E-state index in [4.69, 9.17) is 16.3 Å². The second kappa shape index (κ2) is 6.86. The van der Waals surface area contributed by atoms with Crippen LogP contribution in [0.5, 0.6) is 0 Å². The third-order valence-electron chi connectivity index (χ3n) is 3.64. The van der Waals surface area contributed by atoms with E-state index in [1.807, 2.05) is 36.1 Å². The smallest absolute Gasteiger partial charge is 0.235 e. The third kappa shape index (κ3) is 3.37. The average molecular weight is 337 g/mol. The monoisotopic (exact) mass is 336 g/mol. The summed E-state index contributed by atoms with van der Waals surface area (Å²) in [7, 11) is 0. The molecule has 116 valence electrons. The van der Waals surface area contributed by atoms with Crippen LogP contribution in [-0.4, -0.2) is 47.3 Å². The third-order valence-corrected chi connectivity index (χ3v) is 5.04. The Kier molecular flexibility index (Phi) is 4.86. The summed E-state index contributed by atoms with van der Waals surface area (Å²) >= 11 is 7.57. The van der Waals surface area contributed by atoms with Crippen LogP contribution in [0.4, 0.5) is 0 Å². The summed E-state index contributed by atoms with van der Waals surface area (Å²) in [6.45, 7) is 4.55.